The predicted molar refractivity (Wildman–Crippen MR) is 121 cm³/mol. The Morgan fingerprint density at radius 3 is 2.59 bits per heavy atom. The third-order valence-electron chi connectivity index (χ3n) is 5.07. The molecule has 10 heteroatoms. The number of unbranched alkanes of at least 4 members (excludes halogenated alkanes) is 1. The van der Waals surface area contributed by atoms with Crippen LogP contribution in [0.15, 0.2) is 62.6 Å². The molecule has 0 aliphatic carbocycles. The first kappa shape index (κ1) is 21.6. The Kier molecular flexibility index (Phi) is 5.70. The number of ether oxygens (including phenoxy) is 1. The van der Waals surface area contributed by atoms with Crippen molar-refractivity contribution in [3.8, 4) is 22.8 Å². The Hall–Kier alpha value is -3.66. The first-order valence-electron chi connectivity index (χ1n) is 10.1. The fourth-order valence-electron chi connectivity index (χ4n) is 3.40. The van der Waals surface area contributed by atoms with Crippen LogP contribution < -0.4 is 15.6 Å². The van der Waals surface area contributed by atoms with Gasteiger partial charge in [-0.05, 0) is 18.6 Å². The van der Waals surface area contributed by atoms with Gasteiger partial charge in [-0.15, -0.1) is 4.40 Å². The number of sulfonamides is 1. The number of rotatable bonds is 6. The maximum Gasteiger partial charge on any atom is 0.286 e. The lowest BCUT2D eigenvalue weighted by Crippen LogP contribution is -2.34. The quantitative estimate of drug-likeness (QED) is 0.587. The summed E-state index contributed by atoms with van der Waals surface area (Å²) in [4.78, 5) is 13.1. The van der Waals surface area contributed by atoms with Crippen molar-refractivity contribution in [2.24, 2.45) is 4.40 Å². The molecule has 32 heavy (non-hydrogen) atoms. The van der Waals surface area contributed by atoms with E-state index in [2.05, 4.69) is 14.8 Å². The minimum Gasteiger partial charge on any atom is -0.505 e. The molecule has 0 bridgehead atoms. The number of fused-ring (bicyclic) bond motifs is 1. The lowest BCUT2D eigenvalue weighted by molar-refractivity contribution is 0.413. The van der Waals surface area contributed by atoms with Gasteiger partial charge in [-0.2, -0.15) is 13.5 Å². The highest BCUT2D eigenvalue weighted by Gasteiger charge is 2.31. The summed E-state index contributed by atoms with van der Waals surface area (Å²) in [5.74, 6) is -0.338. The first-order chi connectivity index (χ1) is 15.4. The second-order valence-electron chi connectivity index (χ2n) is 7.22. The highest BCUT2D eigenvalue weighted by atomic mass is 32.2. The van der Waals surface area contributed by atoms with Gasteiger partial charge in [-0.25, -0.2) is 4.68 Å². The van der Waals surface area contributed by atoms with Gasteiger partial charge in [0.15, 0.2) is 11.6 Å². The van der Waals surface area contributed by atoms with Crippen molar-refractivity contribution in [3.63, 3.8) is 0 Å². The molecule has 2 aromatic carbocycles. The van der Waals surface area contributed by atoms with Crippen molar-refractivity contribution in [1.82, 2.24) is 9.78 Å². The highest BCUT2D eigenvalue weighted by molar-refractivity contribution is 7.90. The van der Waals surface area contributed by atoms with E-state index in [1.54, 1.807) is 30.3 Å². The Labute approximate surface area is 185 Å². The van der Waals surface area contributed by atoms with E-state index in [0.717, 1.165) is 6.42 Å². The lowest BCUT2D eigenvalue weighted by atomic mass is 10.1. The normalized spacial score (nSPS) is 14.2. The fourth-order valence-corrected chi connectivity index (χ4v) is 4.54. The minimum absolute atomic E-state index is 0.0799. The van der Waals surface area contributed by atoms with E-state index in [0.29, 0.717) is 24.3 Å². The standard InChI is InChI=1S/C22H22N4O5S/c1-3-4-12-26-22(28)18(20(27)19(24-26)14-8-6-5-7-9-14)21-23-16-11-10-15(31-2)13-17(16)32(29,30)25-21/h5-11,13,27H,3-4,12H2,1-2H3,(H,23,25). The van der Waals surface area contributed by atoms with Crippen LogP contribution in [0.5, 0.6) is 11.5 Å². The van der Waals surface area contributed by atoms with Crippen molar-refractivity contribution < 1.29 is 18.3 Å². The van der Waals surface area contributed by atoms with Crippen LogP contribution in [0.3, 0.4) is 0 Å². The van der Waals surface area contributed by atoms with Gasteiger partial charge in [0, 0.05) is 18.2 Å². The number of hydrogen-bond acceptors (Lipinski definition) is 7. The fraction of sp³-hybridized carbons (Fsp3) is 0.227. The van der Waals surface area contributed by atoms with Gasteiger partial charge in [0.05, 0.1) is 12.8 Å². The van der Waals surface area contributed by atoms with Gasteiger partial charge in [-0.3, -0.25) is 4.79 Å². The van der Waals surface area contributed by atoms with Crippen molar-refractivity contribution in [3.05, 3.63) is 64.4 Å². The molecule has 9 nitrogen and oxygen atoms in total. The molecule has 2 N–H and O–H groups in total. The Balaban J connectivity index is 1.93. The molecule has 0 spiro atoms. The zero-order valence-electron chi connectivity index (χ0n) is 17.6. The van der Waals surface area contributed by atoms with Crippen molar-refractivity contribution in [2.45, 2.75) is 31.2 Å². The number of aryl methyl sites for hydroxylation is 1. The topological polar surface area (TPSA) is 123 Å². The van der Waals surface area contributed by atoms with Gasteiger partial charge in [0.1, 0.15) is 21.9 Å². The molecule has 0 unspecified atom stereocenters. The van der Waals surface area contributed by atoms with E-state index < -0.39 is 21.3 Å². The van der Waals surface area contributed by atoms with E-state index in [1.807, 2.05) is 13.0 Å². The molecule has 0 atom stereocenters. The Morgan fingerprint density at radius 1 is 1.16 bits per heavy atom. The number of benzene rings is 2. The number of methoxy groups -OCH3 is 1. The smallest absolute Gasteiger partial charge is 0.286 e. The maximum absolute atomic E-state index is 13.2. The van der Waals surface area contributed by atoms with Crippen LogP contribution in [0.4, 0.5) is 5.69 Å². The van der Waals surface area contributed by atoms with Crippen LogP contribution >= 0.6 is 0 Å². The number of nitrogens with one attached hydrogen (secondary N) is 1. The summed E-state index contributed by atoms with van der Waals surface area (Å²) in [5, 5.41) is 18.2. The largest absolute Gasteiger partial charge is 0.505 e. The summed E-state index contributed by atoms with van der Waals surface area (Å²) < 4.78 is 35.9. The molecular formula is C22H22N4O5S. The molecule has 1 aliphatic rings. The highest BCUT2D eigenvalue weighted by Crippen LogP contribution is 2.34. The maximum atomic E-state index is 13.2. The summed E-state index contributed by atoms with van der Waals surface area (Å²) in [6, 6.07) is 13.3. The number of amidine groups is 1. The number of aromatic hydroxyl groups is 1. The molecule has 0 saturated carbocycles. The second kappa shape index (κ2) is 8.46. The molecule has 2 heterocycles. The van der Waals surface area contributed by atoms with Crippen LogP contribution in [-0.2, 0) is 16.6 Å². The zero-order chi connectivity index (χ0) is 22.9. The molecule has 0 amide bonds. The molecule has 3 aromatic rings. The monoisotopic (exact) mass is 454 g/mol. The summed E-state index contributed by atoms with van der Waals surface area (Å²) in [6.07, 6.45) is 1.51. The first-order valence-corrected chi connectivity index (χ1v) is 11.5. The predicted octanol–water partition coefficient (Wildman–Crippen LogP) is 2.99. The molecule has 1 aliphatic heterocycles. The van der Waals surface area contributed by atoms with E-state index in [1.165, 1.54) is 23.9 Å². The molecular weight excluding hydrogens is 432 g/mol. The molecule has 1 aromatic heterocycles. The number of nitrogens with zero attached hydrogens (tertiary/aromatic N) is 3. The van der Waals surface area contributed by atoms with Crippen LogP contribution in [0, 0.1) is 0 Å². The third kappa shape index (κ3) is 3.84. The average Bonchev–Trinajstić information content (AvgIpc) is 2.78. The molecule has 4 rings (SSSR count). The SMILES string of the molecule is CCCCn1nc(-c2ccccc2)c(O)c(C2=NS(=O)(=O)c3cc(OC)ccc3N2)c1=O. The van der Waals surface area contributed by atoms with Crippen molar-refractivity contribution >= 4 is 21.5 Å². The van der Waals surface area contributed by atoms with E-state index >= 15 is 0 Å². The number of hydrogen-bond donors (Lipinski definition) is 2. The molecule has 0 fully saturated rings. The number of aromatic nitrogens is 2. The summed E-state index contributed by atoms with van der Waals surface area (Å²) in [6.45, 7) is 2.30. The van der Waals surface area contributed by atoms with E-state index in [-0.39, 0.29) is 27.7 Å². The average molecular weight is 455 g/mol. The Bertz CT molecular complexity index is 1370. The summed E-state index contributed by atoms with van der Waals surface area (Å²) >= 11 is 0. The van der Waals surface area contributed by atoms with Crippen LogP contribution in [0.1, 0.15) is 25.3 Å². The molecule has 166 valence electrons. The molecule has 0 radical (unpaired) electrons. The van der Waals surface area contributed by atoms with Crippen LogP contribution in [0.25, 0.3) is 11.3 Å². The lowest BCUT2D eigenvalue weighted by Gasteiger charge is -2.20. The van der Waals surface area contributed by atoms with Crippen LogP contribution in [-0.4, -0.2) is 36.3 Å². The Morgan fingerprint density at radius 2 is 1.91 bits per heavy atom. The van der Waals surface area contributed by atoms with E-state index in [4.69, 9.17) is 4.74 Å². The van der Waals surface area contributed by atoms with Gasteiger partial charge in [0.25, 0.3) is 15.6 Å². The van der Waals surface area contributed by atoms with Gasteiger partial charge < -0.3 is 15.2 Å². The van der Waals surface area contributed by atoms with E-state index in [9.17, 15) is 18.3 Å². The number of anilines is 1. The van der Waals surface area contributed by atoms with Gasteiger partial charge in [-0.1, -0.05) is 43.7 Å². The van der Waals surface area contributed by atoms with Crippen molar-refractivity contribution in [1.29, 1.82) is 0 Å². The second-order valence-corrected chi connectivity index (χ2v) is 8.79. The van der Waals surface area contributed by atoms with Crippen LogP contribution in [0.2, 0.25) is 0 Å². The summed E-state index contributed by atoms with van der Waals surface area (Å²) in [7, 11) is -2.72. The third-order valence-corrected chi connectivity index (χ3v) is 6.39. The van der Waals surface area contributed by atoms with Gasteiger partial charge >= 0.3 is 0 Å². The van der Waals surface area contributed by atoms with Crippen molar-refractivity contribution in [2.75, 3.05) is 12.4 Å². The zero-order valence-corrected chi connectivity index (χ0v) is 18.4. The summed E-state index contributed by atoms with van der Waals surface area (Å²) in [5.41, 5.74) is 0.0986. The van der Waals surface area contributed by atoms with Gasteiger partial charge in [0.2, 0.25) is 0 Å². The molecule has 0 saturated heterocycles. The minimum atomic E-state index is -4.15.